The molecule has 3 aromatic carbocycles. The molecule has 1 saturated heterocycles. The second-order valence-corrected chi connectivity index (χ2v) is 12.4. The fourth-order valence-corrected chi connectivity index (χ4v) is 6.60. The molecule has 0 aromatic heterocycles. The van der Waals surface area contributed by atoms with E-state index in [0.717, 1.165) is 0 Å². The minimum absolute atomic E-state index is 0.0286. The second kappa shape index (κ2) is 10.1. The van der Waals surface area contributed by atoms with Crippen molar-refractivity contribution in [2.24, 2.45) is 0 Å². The number of benzene rings is 3. The number of anilines is 1. The molecule has 10 nitrogen and oxygen atoms in total. The van der Waals surface area contributed by atoms with Crippen molar-refractivity contribution in [1.29, 1.82) is 0 Å². The molecule has 0 spiro atoms. The lowest BCUT2D eigenvalue weighted by atomic mass is 10.1. The van der Waals surface area contributed by atoms with Crippen LogP contribution in [0.2, 0.25) is 10.0 Å². The van der Waals surface area contributed by atoms with Gasteiger partial charge in [-0.25, -0.2) is 13.1 Å². The number of ether oxygens (including phenoxy) is 2. The number of halogens is 2. The molecule has 14 heteroatoms. The van der Waals surface area contributed by atoms with Crippen LogP contribution < -0.4 is 24.4 Å². The van der Waals surface area contributed by atoms with Gasteiger partial charge < -0.3 is 14.4 Å². The lowest BCUT2D eigenvalue weighted by molar-refractivity contribution is -0.116. The summed E-state index contributed by atoms with van der Waals surface area (Å²) in [6.07, 6.45) is 0. The Morgan fingerprint density at radius 3 is 2.45 bits per heavy atom. The van der Waals surface area contributed by atoms with Crippen molar-refractivity contribution >= 4 is 73.3 Å². The van der Waals surface area contributed by atoms with Crippen molar-refractivity contribution in [3.05, 3.63) is 86.2 Å². The largest absolute Gasteiger partial charge is 0.454 e. The predicted molar refractivity (Wildman–Crippen MR) is 149 cm³/mol. The van der Waals surface area contributed by atoms with Crippen molar-refractivity contribution in [2.75, 3.05) is 11.7 Å². The number of sulfonamides is 1. The number of thioether (sulfide) groups is 1. The summed E-state index contributed by atoms with van der Waals surface area (Å²) in [5.74, 6) is -0.188. The van der Waals surface area contributed by atoms with Crippen molar-refractivity contribution in [3.63, 3.8) is 0 Å². The van der Waals surface area contributed by atoms with E-state index in [-0.39, 0.29) is 40.8 Å². The average molecular weight is 618 g/mol. The smallest absolute Gasteiger partial charge is 0.290 e. The Hall–Kier alpha value is -3.55. The highest BCUT2D eigenvalue weighted by molar-refractivity contribution is 8.18. The molecule has 204 valence electrons. The molecule has 3 amide bonds. The Bertz CT molecular complexity index is 1780. The minimum Gasteiger partial charge on any atom is -0.454 e. The standard InChI is InChI=1S/C26H17Cl2N3O7S2/c27-17-4-1-14(7-18(17)28)11-31-19-5-3-15(9-16(19)22(25(31)33)23-24(32)30-26(34)39-23)40(35,36)29-10-13-2-6-20-21(8-13)38-12-37-20/h1-9,29H,10-12H2,(H,30,32,34)/b23-22+. The predicted octanol–water partition coefficient (Wildman–Crippen LogP) is 4.44. The molecular weight excluding hydrogens is 601 g/mol. The Labute approximate surface area is 242 Å². The zero-order chi connectivity index (χ0) is 28.2. The summed E-state index contributed by atoms with van der Waals surface area (Å²) >= 11 is 12.8. The number of nitrogens with zero attached hydrogens (tertiary/aromatic N) is 1. The Balaban J connectivity index is 1.35. The van der Waals surface area contributed by atoms with Crippen molar-refractivity contribution < 1.29 is 32.3 Å². The van der Waals surface area contributed by atoms with Gasteiger partial charge in [-0.15, -0.1) is 0 Å². The Morgan fingerprint density at radius 2 is 1.70 bits per heavy atom. The molecule has 3 aliphatic rings. The van der Waals surface area contributed by atoms with Gasteiger partial charge in [0.25, 0.3) is 17.1 Å². The van der Waals surface area contributed by atoms with Gasteiger partial charge in [-0.3, -0.25) is 19.7 Å². The summed E-state index contributed by atoms with van der Waals surface area (Å²) in [5.41, 5.74) is 1.83. The van der Waals surface area contributed by atoms with Crippen LogP contribution in [0.5, 0.6) is 11.5 Å². The van der Waals surface area contributed by atoms with Gasteiger partial charge in [0.15, 0.2) is 11.5 Å². The zero-order valence-corrected chi connectivity index (χ0v) is 23.3. The number of hydrogen-bond donors (Lipinski definition) is 2. The summed E-state index contributed by atoms with van der Waals surface area (Å²) in [6, 6.07) is 14.2. The van der Waals surface area contributed by atoms with Crippen molar-refractivity contribution in [3.8, 4) is 11.5 Å². The lowest BCUT2D eigenvalue weighted by Gasteiger charge is -2.18. The van der Waals surface area contributed by atoms with Crippen LogP contribution in [0.3, 0.4) is 0 Å². The van der Waals surface area contributed by atoms with Gasteiger partial charge in [-0.2, -0.15) is 0 Å². The van der Waals surface area contributed by atoms with Gasteiger partial charge in [0.2, 0.25) is 16.8 Å². The van der Waals surface area contributed by atoms with Crippen LogP contribution in [0.15, 0.2) is 64.4 Å². The zero-order valence-electron chi connectivity index (χ0n) is 20.2. The molecule has 1 fully saturated rings. The van der Waals surface area contributed by atoms with Gasteiger partial charge in [-0.05, 0) is 65.4 Å². The number of imide groups is 1. The molecule has 6 rings (SSSR count). The molecule has 0 saturated carbocycles. The van der Waals surface area contributed by atoms with Crippen LogP contribution in [0, 0.1) is 0 Å². The first-order valence-electron chi connectivity index (χ1n) is 11.7. The third-order valence-corrected chi connectivity index (χ3v) is 9.39. The summed E-state index contributed by atoms with van der Waals surface area (Å²) in [7, 11) is -4.05. The number of fused-ring (bicyclic) bond motifs is 2. The molecule has 0 aliphatic carbocycles. The van der Waals surface area contributed by atoms with Gasteiger partial charge in [0, 0.05) is 12.1 Å². The maximum Gasteiger partial charge on any atom is 0.290 e. The Morgan fingerprint density at radius 1 is 0.925 bits per heavy atom. The monoisotopic (exact) mass is 617 g/mol. The fourth-order valence-electron chi connectivity index (χ4n) is 4.47. The van der Waals surface area contributed by atoms with E-state index in [4.69, 9.17) is 32.7 Å². The van der Waals surface area contributed by atoms with E-state index >= 15 is 0 Å². The number of rotatable bonds is 6. The quantitative estimate of drug-likeness (QED) is 0.388. The van der Waals surface area contributed by atoms with Gasteiger partial charge in [-0.1, -0.05) is 35.3 Å². The summed E-state index contributed by atoms with van der Waals surface area (Å²) in [6.45, 7) is 0.132. The third kappa shape index (κ3) is 4.82. The van der Waals surface area contributed by atoms with Crippen LogP contribution in [-0.2, 0) is 32.7 Å². The van der Waals surface area contributed by atoms with Crippen LogP contribution in [0.4, 0.5) is 10.5 Å². The van der Waals surface area contributed by atoms with Gasteiger partial charge >= 0.3 is 0 Å². The van der Waals surface area contributed by atoms with Gasteiger partial charge in [0.05, 0.1) is 37.7 Å². The maximum absolute atomic E-state index is 13.6. The van der Waals surface area contributed by atoms with Crippen molar-refractivity contribution in [2.45, 2.75) is 18.0 Å². The van der Waals surface area contributed by atoms with E-state index in [1.54, 1.807) is 36.4 Å². The summed E-state index contributed by atoms with van der Waals surface area (Å²) in [5, 5.41) is 2.17. The number of hydrogen-bond acceptors (Lipinski definition) is 8. The highest BCUT2D eigenvalue weighted by Gasteiger charge is 2.40. The number of carbonyl (C=O) groups is 3. The first-order chi connectivity index (χ1) is 19.1. The maximum atomic E-state index is 13.6. The Kier molecular flexibility index (Phi) is 6.75. The number of amides is 3. The van der Waals surface area contributed by atoms with E-state index in [1.807, 2.05) is 0 Å². The minimum atomic E-state index is -4.05. The summed E-state index contributed by atoms with van der Waals surface area (Å²) < 4.78 is 39.7. The second-order valence-electron chi connectivity index (χ2n) is 8.88. The molecule has 0 bridgehead atoms. The van der Waals surface area contributed by atoms with E-state index in [9.17, 15) is 22.8 Å². The molecule has 3 aliphatic heterocycles. The van der Waals surface area contributed by atoms with E-state index < -0.39 is 27.1 Å². The number of nitrogens with one attached hydrogen (secondary N) is 2. The van der Waals surface area contributed by atoms with E-state index in [1.165, 1.54) is 23.1 Å². The third-order valence-electron chi connectivity index (χ3n) is 6.37. The van der Waals surface area contributed by atoms with Crippen LogP contribution in [0.25, 0.3) is 5.57 Å². The van der Waals surface area contributed by atoms with Crippen LogP contribution in [-0.4, -0.2) is 32.3 Å². The lowest BCUT2D eigenvalue weighted by Crippen LogP contribution is -2.26. The molecule has 3 aromatic rings. The van der Waals surface area contributed by atoms with Gasteiger partial charge in [0.1, 0.15) is 0 Å². The average Bonchev–Trinajstić information content (AvgIpc) is 3.60. The SMILES string of the molecule is O=C1NC(=O)/C(=C2\C(=O)N(Cc3ccc(Cl)c(Cl)c3)c3ccc(S(=O)(=O)NCc4ccc5c(c4)OCO5)cc32)S1. The topological polar surface area (TPSA) is 131 Å². The molecular formula is C26H17Cl2N3O7S2. The molecule has 0 radical (unpaired) electrons. The van der Waals surface area contributed by atoms with E-state index in [2.05, 4.69) is 10.0 Å². The van der Waals surface area contributed by atoms with E-state index in [0.29, 0.717) is 50.1 Å². The van der Waals surface area contributed by atoms with Crippen LogP contribution in [0.1, 0.15) is 16.7 Å². The van der Waals surface area contributed by atoms with Crippen LogP contribution >= 0.6 is 35.0 Å². The summed E-state index contributed by atoms with van der Waals surface area (Å²) in [4.78, 5) is 39.3. The fraction of sp³-hybridized carbons (Fsp3) is 0.115. The first kappa shape index (κ1) is 26.7. The molecule has 0 unspecified atom stereocenters. The van der Waals surface area contributed by atoms with Crippen molar-refractivity contribution in [1.82, 2.24) is 10.0 Å². The number of carbonyl (C=O) groups excluding carboxylic acids is 3. The highest BCUT2D eigenvalue weighted by atomic mass is 35.5. The molecule has 2 N–H and O–H groups in total. The molecule has 0 atom stereocenters. The first-order valence-corrected chi connectivity index (χ1v) is 14.7. The normalized spacial score (nSPS) is 17.9. The highest BCUT2D eigenvalue weighted by Crippen LogP contribution is 2.44. The molecule has 3 heterocycles. The molecule has 40 heavy (non-hydrogen) atoms.